The number of alkyl carbamates (subject to hydrolysis) is 1. The van der Waals surface area contributed by atoms with Crippen molar-refractivity contribution in [3.63, 3.8) is 0 Å². The van der Waals surface area contributed by atoms with Crippen LogP contribution in [0.25, 0.3) is 0 Å². The molecule has 3 aromatic carbocycles. The Balaban J connectivity index is 2.03. The standard InChI is InChI=1S/C37H47N3O7/c1-8-40(33(43)29(23-25-15-11-9-12-16-25)39-35(45)47-37(5,6)7)31(27-19-21-28(41)22-20-27)32(42)38-30(34(44)46-36(2,3)4)24-26-17-13-10-14-18-26/h9-22,29-31,41H,8,23-24H2,1-7H3,(H,38,42)(H,39,45). The zero-order valence-electron chi connectivity index (χ0n) is 28.3. The number of benzene rings is 3. The van der Waals surface area contributed by atoms with Gasteiger partial charge in [-0.1, -0.05) is 72.8 Å². The predicted molar refractivity (Wildman–Crippen MR) is 179 cm³/mol. The van der Waals surface area contributed by atoms with E-state index in [0.29, 0.717) is 5.56 Å². The normalized spacial score (nSPS) is 13.4. The highest BCUT2D eigenvalue weighted by molar-refractivity contribution is 5.94. The number of amides is 3. The van der Waals surface area contributed by atoms with Crippen molar-refractivity contribution in [3.05, 3.63) is 102 Å². The molecule has 3 aromatic rings. The fraction of sp³-hybridized carbons (Fsp3) is 0.405. The first-order chi connectivity index (χ1) is 22.1. The summed E-state index contributed by atoms with van der Waals surface area (Å²) in [5, 5.41) is 15.6. The molecule has 3 unspecified atom stereocenters. The molecule has 0 radical (unpaired) electrons. The van der Waals surface area contributed by atoms with Crippen LogP contribution in [0.2, 0.25) is 0 Å². The second-order valence-electron chi connectivity index (χ2n) is 13.3. The van der Waals surface area contributed by atoms with Crippen LogP contribution in [0.4, 0.5) is 4.79 Å². The van der Waals surface area contributed by atoms with Gasteiger partial charge in [0.2, 0.25) is 11.8 Å². The van der Waals surface area contributed by atoms with Crippen LogP contribution >= 0.6 is 0 Å². The number of aromatic hydroxyl groups is 1. The maximum Gasteiger partial charge on any atom is 0.408 e. The number of phenolic OH excluding ortho intramolecular Hbond substituents is 1. The van der Waals surface area contributed by atoms with Gasteiger partial charge in [-0.2, -0.15) is 0 Å². The van der Waals surface area contributed by atoms with E-state index in [0.717, 1.165) is 11.1 Å². The number of nitrogens with zero attached hydrogens (tertiary/aromatic N) is 1. The molecule has 0 saturated heterocycles. The van der Waals surface area contributed by atoms with Gasteiger partial charge in [0.15, 0.2) is 0 Å². The molecule has 252 valence electrons. The third-order valence-electron chi connectivity index (χ3n) is 6.95. The Kier molecular flexibility index (Phi) is 12.5. The first-order valence-electron chi connectivity index (χ1n) is 15.8. The Labute approximate surface area is 277 Å². The van der Waals surface area contributed by atoms with Crippen LogP contribution in [0.1, 0.15) is 71.2 Å². The SMILES string of the molecule is CCN(C(=O)C(Cc1ccccc1)NC(=O)OC(C)(C)C)C(C(=O)NC(Cc1ccccc1)C(=O)OC(C)(C)C)c1ccc(O)cc1. The summed E-state index contributed by atoms with van der Waals surface area (Å²) in [5.41, 5.74) is 0.373. The zero-order valence-corrected chi connectivity index (χ0v) is 28.3. The summed E-state index contributed by atoms with van der Waals surface area (Å²) >= 11 is 0. The van der Waals surface area contributed by atoms with Gasteiger partial charge in [0, 0.05) is 19.4 Å². The molecule has 0 saturated carbocycles. The highest BCUT2D eigenvalue weighted by Crippen LogP contribution is 2.26. The minimum atomic E-state index is -1.23. The molecular weight excluding hydrogens is 598 g/mol. The Morgan fingerprint density at radius 2 is 1.19 bits per heavy atom. The molecule has 0 aliphatic carbocycles. The molecule has 3 amide bonds. The number of hydrogen-bond acceptors (Lipinski definition) is 7. The van der Waals surface area contributed by atoms with E-state index in [-0.39, 0.29) is 25.1 Å². The van der Waals surface area contributed by atoms with Gasteiger partial charge in [-0.05, 0) is 77.3 Å². The van der Waals surface area contributed by atoms with E-state index in [1.54, 1.807) is 60.6 Å². The molecule has 10 heteroatoms. The number of esters is 1. The Bertz CT molecular complexity index is 1480. The van der Waals surface area contributed by atoms with Crippen molar-refractivity contribution in [1.82, 2.24) is 15.5 Å². The first kappa shape index (κ1) is 36.6. The molecule has 10 nitrogen and oxygen atoms in total. The van der Waals surface area contributed by atoms with Gasteiger partial charge in [0.1, 0.15) is 35.1 Å². The summed E-state index contributed by atoms with van der Waals surface area (Å²) in [6.45, 7) is 12.2. The second-order valence-corrected chi connectivity index (χ2v) is 13.3. The molecular formula is C37H47N3O7. The molecule has 0 heterocycles. The monoisotopic (exact) mass is 645 g/mol. The number of rotatable bonds is 12. The lowest BCUT2D eigenvalue weighted by Crippen LogP contribution is -2.55. The average Bonchev–Trinajstić information content (AvgIpc) is 2.98. The van der Waals surface area contributed by atoms with Crippen molar-refractivity contribution in [3.8, 4) is 5.75 Å². The fourth-order valence-electron chi connectivity index (χ4n) is 4.96. The van der Waals surface area contributed by atoms with E-state index >= 15 is 0 Å². The maximum atomic E-state index is 14.4. The van der Waals surface area contributed by atoms with Gasteiger partial charge >= 0.3 is 12.1 Å². The zero-order chi connectivity index (χ0) is 34.8. The van der Waals surface area contributed by atoms with Crippen LogP contribution in [0.15, 0.2) is 84.9 Å². The van der Waals surface area contributed by atoms with Crippen LogP contribution in [0.3, 0.4) is 0 Å². The van der Waals surface area contributed by atoms with Gasteiger partial charge < -0.3 is 30.1 Å². The van der Waals surface area contributed by atoms with Gasteiger partial charge in [-0.15, -0.1) is 0 Å². The Hall–Kier alpha value is -4.86. The van der Waals surface area contributed by atoms with E-state index < -0.39 is 53.2 Å². The molecule has 0 fully saturated rings. The van der Waals surface area contributed by atoms with Crippen molar-refractivity contribution in [2.24, 2.45) is 0 Å². The number of phenols is 1. The first-order valence-corrected chi connectivity index (χ1v) is 15.8. The highest BCUT2D eigenvalue weighted by atomic mass is 16.6. The molecule has 0 aromatic heterocycles. The molecule has 3 N–H and O–H groups in total. The average molecular weight is 646 g/mol. The number of nitrogens with one attached hydrogen (secondary N) is 2. The number of carbonyl (C=O) groups excluding carboxylic acids is 4. The predicted octanol–water partition coefficient (Wildman–Crippen LogP) is 5.49. The number of ether oxygens (including phenoxy) is 2. The van der Waals surface area contributed by atoms with Crippen molar-refractivity contribution in [2.45, 2.75) is 90.6 Å². The largest absolute Gasteiger partial charge is 0.508 e. The summed E-state index contributed by atoms with van der Waals surface area (Å²) in [6.07, 6.45) is -0.490. The lowest BCUT2D eigenvalue weighted by Gasteiger charge is -2.34. The van der Waals surface area contributed by atoms with Crippen molar-refractivity contribution >= 4 is 23.9 Å². The number of carbonyl (C=O) groups is 4. The van der Waals surface area contributed by atoms with Gasteiger partial charge in [-0.3, -0.25) is 9.59 Å². The quantitative estimate of drug-likeness (QED) is 0.222. The summed E-state index contributed by atoms with van der Waals surface area (Å²) in [4.78, 5) is 56.4. The van der Waals surface area contributed by atoms with Gasteiger partial charge in [-0.25, -0.2) is 9.59 Å². The topological polar surface area (TPSA) is 134 Å². The van der Waals surface area contributed by atoms with Crippen LogP contribution in [-0.4, -0.2) is 63.7 Å². The van der Waals surface area contributed by atoms with E-state index in [1.807, 2.05) is 60.7 Å². The minimum absolute atomic E-state index is 0.0217. The highest BCUT2D eigenvalue weighted by Gasteiger charge is 2.38. The second kappa shape index (κ2) is 16.1. The van der Waals surface area contributed by atoms with E-state index in [4.69, 9.17) is 9.47 Å². The molecule has 47 heavy (non-hydrogen) atoms. The molecule has 0 aliphatic rings. The van der Waals surface area contributed by atoms with Gasteiger partial charge in [0.05, 0.1) is 0 Å². The third kappa shape index (κ3) is 11.8. The van der Waals surface area contributed by atoms with Crippen LogP contribution in [-0.2, 0) is 36.7 Å². The van der Waals surface area contributed by atoms with Crippen LogP contribution in [0, 0.1) is 0 Å². The smallest absolute Gasteiger partial charge is 0.408 e. The summed E-state index contributed by atoms with van der Waals surface area (Å²) in [5.74, 6) is -1.81. The van der Waals surface area contributed by atoms with Crippen LogP contribution < -0.4 is 10.6 Å². The summed E-state index contributed by atoms with van der Waals surface area (Å²) in [6, 6.07) is 21.0. The summed E-state index contributed by atoms with van der Waals surface area (Å²) < 4.78 is 11.1. The number of hydrogen-bond donors (Lipinski definition) is 3. The molecule has 0 bridgehead atoms. The molecule has 3 atom stereocenters. The lowest BCUT2D eigenvalue weighted by molar-refractivity contribution is -0.159. The Morgan fingerprint density at radius 3 is 1.66 bits per heavy atom. The van der Waals surface area contributed by atoms with Crippen LogP contribution in [0.5, 0.6) is 5.75 Å². The molecule has 0 aliphatic heterocycles. The van der Waals surface area contributed by atoms with E-state index in [9.17, 15) is 24.3 Å². The molecule has 3 rings (SSSR count). The number of likely N-dealkylation sites (N-methyl/N-ethyl adjacent to an activating group) is 1. The van der Waals surface area contributed by atoms with E-state index in [2.05, 4.69) is 10.6 Å². The molecule has 0 spiro atoms. The minimum Gasteiger partial charge on any atom is -0.508 e. The van der Waals surface area contributed by atoms with Gasteiger partial charge in [0.25, 0.3) is 0 Å². The summed E-state index contributed by atoms with van der Waals surface area (Å²) in [7, 11) is 0. The van der Waals surface area contributed by atoms with Crippen molar-refractivity contribution < 1.29 is 33.8 Å². The fourth-order valence-corrected chi connectivity index (χ4v) is 4.96. The third-order valence-corrected chi connectivity index (χ3v) is 6.95. The van der Waals surface area contributed by atoms with E-state index in [1.165, 1.54) is 17.0 Å². The lowest BCUT2D eigenvalue weighted by atomic mass is 9.99. The van der Waals surface area contributed by atoms with Crippen molar-refractivity contribution in [1.29, 1.82) is 0 Å². The van der Waals surface area contributed by atoms with Crippen molar-refractivity contribution in [2.75, 3.05) is 6.54 Å². The Morgan fingerprint density at radius 1 is 0.702 bits per heavy atom. The maximum absolute atomic E-state index is 14.4.